The van der Waals surface area contributed by atoms with Crippen LogP contribution in [-0.4, -0.2) is 21.5 Å². The highest BCUT2D eigenvalue weighted by Crippen LogP contribution is 2.20. The number of amides is 1. The largest absolute Gasteiger partial charge is 0.351 e. The molecule has 2 heterocycles. The number of hydrogen-bond donors (Lipinski definition) is 1. The first-order chi connectivity index (χ1) is 9.31. The Balaban J connectivity index is 1.52. The van der Waals surface area contributed by atoms with Crippen LogP contribution in [0, 0.1) is 0 Å². The topological polar surface area (TPSA) is 46.9 Å². The molecule has 2 aliphatic rings. The molecule has 102 valence electrons. The van der Waals surface area contributed by atoms with Gasteiger partial charge in [-0.25, -0.2) is 4.98 Å². The fourth-order valence-electron chi connectivity index (χ4n) is 3.03. The fourth-order valence-corrected chi connectivity index (χ4v) is 3.03. The molecule has 0 saturated heterocycles. The molecule has 0 aromatic carbocycles. The zero-order valence-corrected chi connectivity index (χ0v) is 11.3. The van der Waals surface area contributed by atoms with E-state index in [1.165, 1.54) is 18.4 Å². The normalized spacial score (nSPS) is 22.5. The van der Waals surface area contributed by atoms with E-state index in [4.69, 9.17) is 0 Å². The van der Waals surface area contributed by atoms with Crippen molar-refractivity contribution in [2.45, 2.75) is 57.5 Å². The Morgan fingerprint density at radius 2 is 2.37 bits per heavy atom. The minimum Gasteiger partial charge on any atom is -0.351 e. The van der Waals surface area contributed by atoms with E-state index in [2.05, 4.69) is 20.9 Å². The van der Waals surface area contributed by atoms with Gasteiger partial charge in [0.05, 0.1) is 0 Å². The van der Waals surface area contributed by atoms with Crippen LogP contribution in [0.1, 0.15) is 44.3 Å². The number of fused-ring (bicyclic) bond motifs is 1. The number of nitrogens with one attached hydrogen (secondary N) is 1. The smallest absolute Gasteiger partial charge is 0.224 e. The SMILES string of the molecule is O=C(CC1=CCCCC1)NC1CCc2nccn2C1. The van der Waals surface area contributed by atoms with Crippen molar-refractivity contribution in [3.63, 3.8) is 0 Å². The minimum absolute atomic E-state index is 0.182. The summed E-state index contributed by atoms with van der Waals surface area (Å²) in [4.78, 5) is 16.4. The molecule has 0 bridgehead atoms. The summed E-state index contributed by atoms with van der Waals surface area (Å²) in [7, 11) is 0. The van der Waals surface area contributed by atoms with Gasteiger partial charge >= 0.3 is 0 Å². The van der Waals surface area contributed by atoms with Crippen molar-refractivity contribution in [1.82, 2.24) is 14.9 Å². The van der Waals surface area contributed by atoms with Gasteiger partial charge in [0.1, 0.15) is 5.82 Å². The van der Waals surface area contributed by atoms with E-state index in [1.807, 2.05) is 12.4 Å². The number of carbonyl (C=O) groups is 1. The van der Waals surface area contributed by atoms with Gasteiger partial charge in [0, 0.05) is 37.8 Å². The first-order valence-electron chi connectivity index (χ1n) is 7.28. The van der Waals surface area contributed by atoms with E-state index in [1.54, 1.807) is 0 Å². The van der Waals surface area contributed by atoms with Crippen LogP contribution < -0.4 is 5.32 Å². The molecule has 1 amide bonds. The summed E-state index contributed by atoms with van der Waals surface area (Å²) < 4.78 is 2.15. The predicted octanol–water partition coefficient (Wildman–Crippen LogP) is 2.20. The van der Waals surface area contributed by atoms with Crippen LogP contribution in [0.3, 0.4) is 0 Å². The Hall–Kier alpha value is -1.58. The van der Waals surface area contributed by atoms with Gasteiger partial charge in [0.2, 0.25) is 5.91 Å². The highest BCUT2D eigenvalue weighted by atomic mass is 16.1. The Morgan fingerprint density at radius 1 is 1.42 bits per heavy atom. The Kier molecular flexibility index (Phi) is 3.67. The molecular formula is C15H21N3O. The van der Waals surface area contributed by atoms with Crippen LogP contribution in [0.4, 0.5) is 0 Å². The first-order valence-corrected chi connectivity index (χ1v) is 7.28. The molecule has 4 heteroatoms. The molecule has 3 rings (SSSR count). The number of carbonyl (C=O) groups excluding carboxylic acids is 1. The average molecular weight is 259 g/mol. The van der Waals surface area contributed by atoms with E-state index >= 15 is 0 Å². The molecule has 0 spiro atoms. The van der Waals surface area contributed by atoms with Crippen molar-refractivity contribution in [3.05, 3.63) is 29.9 Å². The van der Waals surface area contributed by atoms with Crippen LogP contribution in [0.2, 0.25) is 0 Å². The summed E-state index contributed by atoms with van der Waals surface area (Å²) in [6.45, 7) is 0.861. The van der Waals surface area contributed by atoms with Gasteiger partial charge in [0.25, 0.3) is 0 Å². The van der Waals surface area contributed by atoms with Crippen molar-refractivity contribution in [2.75, 3.05) is 0 Å². The van der Waals surface area contributed by atoms with Crippen LogP contribution in [0.15, 0.2) is 24.0 Å². The summed E-state index contributed by atoms with van der Waals surface area (Å²) in [5.74, 6) is 1.32. The summed E-state index contributed by atoms with van der Waals surface area (Å²) in [6, 6.07) is 0.262. The van der Waals surface area contributed by atoms with Crippen LogP contribution >= 0.6 is 0 Å². The highest BCUT2D eigenvalue weighted by Gasteiger charge is 2.20. The predicted molar refractivity (Wildman–Crippen MR) is 73.6 cm³/mol. The molecule has 1 aliphatic heterocycles. The molecular weight excluding hydrogens is 238 g/mol. The van der Waals surface area contributed by atoms with E-state index in [-0.39, 0.29) is 11.9 Å². The lowest BCUT2D eigenvalue weighted by atomic mass is 9.97. The molecule has 1 aromatic heterocycles. The fraction of sp³-hybridized carbons (Fsp3) is 0.600. The maximum Gasteiger partial charge on any atom is 0.224 e. The number of aryl methyl sites for hydroxylation is 1. The van der Waals surface area contributed by atoms with Gasteiger partial charge in [-0.2, -0.15) is 0 Å². The lowest BCUT2D eigenvalue weighted by Crippen LogP contribution is -2.41. The van der Waals surface area contributed by atoms with Gasteiger partial charge < -0.3 is 9.88 Å². The van der Waals surface area contributed by atoms with Crippen molar-refractivity contribution in [1.29, 1.82) is 0 Å². The molecule has 0 fully saturated rings. The second-order valence-electron chi connectivity index (χ2n) is 5.58. The van der Waals surface area contributed by atoms with Gasteiger partial charge in [-0.15, -0.1) is 0 Å². The summed E-state index contributed by atoms with van der Waals surface area (Å²) in [5.41, 5.74) is 1.32. The van der Waals surface area contributed by atoms with Gasteiger partial charge in [-0.3, -0.25) is 4.79 Å². The lowest BCUT2D eigenvalue weighted by molar-refractivity contribution is -0.121. The number of allylic oxidation sites excluding steroid dienone is 1. The van der Waals surface area contributed by atoms with E-state index < -0.39 is 0 Å². The molecule has 0 saturated carbocycles. The second-order valence-corrected chi connectivity index (χ2v) is 5.58. The van der Waals surface area contributed by atoms with Gasteiger partial charge in [-0.1, -0.05) is 11.6 Å². The molecule has 1 N–H and O–H groups in total. The number of imidazole rings is 1. The van der Waals surface area contributed by atoms with Crippen molar-refractivity contribution >= 4 is 5.91 Å². The minimum atomic E-state index is 0.182. The zero-order chi connectivity index (χ0) is 13.1. The standard InChI is InChI=1S/C15H21N3O/c19-15(10-12-4-2-1-3-5-12)17-13-6-7-14-16-8-9-18(14)11-13/h4,8-9,13H,1-3,5-7,10-11H2,(H,17,19). The zero-order valence-electron chi connectivity index (χ0n) is 11.3. The highest BCUT2D eigenvalue weighted by molar-refractivity contribution is 5.78. The first kappa shape index (κ1) is 12.5. The third-order valence-electron chi connectivity index (χ3n) is 4.07. The van der Waals surface area contributed by atoms with Crippen molar-refractivity contribution in [3.8, 4) is 0 Å². The molecule has 1 unspecified atom stereocenters. The molecule has 4 nitrogen and oxygen atoms in total. The van der Waals surface area contributed by atoms with Gasteiger partial charge in [-0.05, 0) is 32.1 Å². The van der Waals surface area contributed by atoms with E-state index in [9.17, 15) is 4.79 Å². The van der Waals surface area contributed by atoms with E-state index in [0.29, 0.717) is 6.42 Å². The monoisotopic (exact) mass is 259 g/mol. The maximum absolute atomic E-state index is 12.1. The van der Waals surface area contributed by atoms with E-state index in [0.717, 1.165) is 38.1 Å². The number of rotatable bonds is 3. The van der Waals surface area contributed by atoms with Crippen molar-refractivity contribution < 1.29 is 4.79 Å². The quantitative estimate of drug-likeness (QED) is 0.846. The molecule has 19 heavy (non-hydrogen) atoms. The van der Waals surface area contributed by atoms with Crippen molar-refractivity contribution in [2.24, 2.45) is 0 Å². The molecule has 0 radical (unpaired) electrons. The Bertz CT molecular complexity index is 489. The summed E-state index contributed by atoms with van der Waals surface area (Å²) >= 11 is 0. The summed E-state index contributed by atoms with van der Waals surface area (Å²) in [6.07, 6.45) is 13.4. The number of nitrogens with zero attached hydrogens (tertiary/aromatic N) is 2. The summed E-state index contributed by atoms with van der Waals surface area (Å²) in [5, 5.41) is 3.17. The van der Waals surface area contributed by atoms with Crippen LogP contribution in [0.5, 0.6) is 0 Å². The van der Waals surface area contributed by atoms with Gasteiger partial charge in [0.15, 0.2) is 0 Å². The molecule has 1 aromatic rings. The second kappa shape index (κ2) is 5.59. The molecule has 1 atom stereocenters. The van der Waals surface area contributed by atoms with Crippen LogP contribution in [0.25, 0.3) is 0 Å². The third-order valence-corrected chi connectivity index (χ3v) is 4.07. The molecule has 1 aliphatic carbocycles. The lowest BCUT2D eigenvalue weighted by Gasteiger charge is -2.25. The third kappa shape index (κ3) is 3.06. The van der Waals surface area contributed by atoms with Crippen LogP contribution in [-0.2, 0) is 17.8 Å². The number of aromatic nitrogens is 2. The number of hydrogen-bond acceptors (Lipinski definition) is 2. The average Bonchev–Trinajstić information content (AvgIpc) is 2.87. The Labute approximate surface area is 113 Å². The maximum atomic E-state index is 12.1. The Morgan fingerprint density at radius 3 is 3.21 bits per heavy atom.